The van der Waals surface area contributed by atoms with E-state index in [1.165, 1.54) is 44.9 Å². The average molecular weight is 345 g/mol. The van der Waals surface area contributed by atoms with Crippen LogP contribution in [-0.4, -0.2) is 33.5 Å². The molecule has 0 radical (unpaired) electrons. The molecule has 4 saturated carbocycles. The summed E-state index contributed by atoms with van der Waals surface area (Å²) in [5.41, 5.74) is 6.51. The molecule has 1 atom stereocenters. The van der Waals surface area contributed by atoms with E-state index >= 15 is 0 Å². The van der Waals surface area contributed by atoms with E-state index in [0.29, 0.717) is 23.7 Å². The van der Waals surface area contributed by atoms with Crippen LogP contribution < -0.4 is 15.6 Å². The molecule has 136 valence electrons. The van der Waals surface area contributed by atoms with Crippen LogP contribution in [0.3, 0.4) is 0 Å². The standard InChI is InChI=1S/C18H27N5O2/c1-2-4-15(3-1)24-17-9-16(19-12-20-17)22-23-21-11-18(25-23)10-13-5-7-14(18)8-6-13/h9,12-15,21H,1-8,10-11H2,(H,19,20,22)/t13?,14?,18-/m0/s1. The van der Waals surface area contributed by atoms with Gasteiger partial charge in [0, 0.05) is 12.6 Å². The predicted molar refractivity (Wildman–Crippen MR) is 92.3 cm³/mol. The lowest BCUT2D eigenvalue weighted by atomic mass is 9.62. The third-order valence-electron chi connectivity index (χ3n) is 6.47. The fourth-order valence-corrected chi connectivity index (χ4v) is 5.14. The number of aromatic nitrogens is 2. The summed E-state index contributed by atoms with van der Waals surface area (Å²) in [6.45, 7) is 0.873. The summed E-state index contributed by atoms with van der Waals surface area (Å²) < 4.78 is 5.96. The van der Waals surface area contributed by atoms with Gasteiger partial charge in [-0.15, -0.1) is 0 Å². The number of hydrazine groups is 2. The Hall–Kier alpha value is -1.44. The molecule has 5 fully saturated rings. The normalized spacial score (nSPS) is 35.5. The molecule has 1 aliphatic heterocycles. The van der Waals surface area contributed by atoms with Crippen LogP contribution in [0.2, 0.25) is 0 Å². The second-order valence-corrected chi connectivity index (χ2v) is 8.08. The van der Waals surface area contributed by atoms with E-state index in [-0.39, 0.29) is 5.60 Å². The van der Waals surface area contributed by atoms with Gasteiger partial charge < -0.3 is 4.74 Å². The molecule has 2 heterocycles. The van der Waals surface area contributed by atoms with Crippen LogP contribution in [0, 0.1) is 11.8 Å². The second-order valence-electron chi connectivity index (χ2n) is 8.08. The highest BCUT2D eigenvalue weighted by Gasteiger charge is 2.52. The molecule has 0 unspecified atom stereocenters. The van der Waals surface area contributed by atoms with Crippen LogP contribution in [0.25, 0.3) is 0 Å². The molecule has 0 aromatic carbocycles. The number of fused-ring (bicyclic) bond motifs is 2. The Morgan fingerprint density at radius 1 is 1.16 bits per heavy atom. The Morgan fingerprint density at radius 3 is 2.76 bits per heavy atom. The van der Waals surface area contributed by atoms with Crippen molar-refractivity contribution in [2.24, 2.45) is 11.8 Å². The smallest absolute Gasteiger partial charge is 0.218 e. The quantitative estimate of drug-likeness (QED) is 0.869. The molecule has 1 saturated heterocycles. The maximum Gasteiger partial charge on any atom is 0.218 e. The minimum atomic E-state index is -0.0373. The van der Waals surface area contributed by atoms with Gasteiger partial charge in [0.25, 0.3) is 0 Å². The third-order valence-corrected chi connectivity index (χ3v) is 6.47. The van der Waals surface area contributed by atoms with Crippen molar-refractivity contribution in [3.63, 3.8) is 0 Å². The van der Waals surface area contributed by atoms with Gasteiger partial charge in [-0.3, -0.25) is 10.3 Å². The Labute approximate surface area is 148 Å². The van der Waals surface area contributed by atoms with Crippen molar-refractivity contribution < 1.29 is 9.57 Å². The van der Waals surface area contributed by atoms with Crippen molar-refractivity contribution in [3.8, 4) is 5.88 Å². The molecule has 1 spiro atoms. The lowest BCUT2D eigenvalue weighted by molar-refractivity contribution is -0.235. The summed E-state index contributed by atoms with van der Waals surface area (Å²) in [6.07, 6.45) is 13.1. The molecule has 1 aromatic rings. The molecule has 5 aliphatic rings. The SMILES string of the molecule is c1nc(NN2NC[C@]3(CC4CCC3CC4)O2)cc(OC2CCCC2)n1. The van der Waals surface area contributed by atoms with Gasteiger partial charge in [0.2, 0.25) is 5.88 Å². The number of hydrogen-bond acceptors (Lipinski definition) is 7. The molecule has 0 amide bonds. The predicted octanol–water partition coefficient (Wildman–Crippen LogP) is 2.83. The van der Waals surface area contributed by atoms with E-state index in [4.69, 9.17) is 9.57 Å². The van der Waals surface area contributed by atoms with Crippen molar-refractivity contribution in [2.75, 3.05) is 12.0 Å². The maximum absolute atomic E-state index is 6.31. The summed E-state index contributed by atoms with van der Waals surface area (Å²) in [5, 5.41) is 1.64. The van der Waals surface area contributed by atoms with Crippen LogP contribution in [0.1, 0.15) is 57.8 Å². The Balaban J connectivity index is 1.22. The maximum atomic E-state index is 6.31. The molecular formula is C18H27N5O2. The largest absolute Gasteiger partial charge is 0.474 e. The summed E-state index contributed by atoms with van der Waals surface area (Å²) in [7, 11) is 0. The first kappa shape index (κ1) is 15.8. The zero-order valence-electron chi connectivity index (χ0n) is 14.6. The summed E-state index contributed by atoms with van der Waals surface area (Å²) in [4.78, 5) is 14.8. The molecule has 7 heteroatoms. The lowest BCUT2D eigenvalue weighted by Gasteiger charge is -2.47. The Kier molecular flexibility index (Phi) is 4.03. The molecule has 6 rings (SSSR count). The van der Waals surface area contributed by atoms with Gasteiger partial charge in [-0.05, 0) is 74.9 Å². The molecule has 7 nitrogen and oxygen atoms in total. The van der Waals surface area contributed by atoms with E-state index in [9.17, 15) is 0 Å². The minimum absolute atomic E-state index is 0.0373. The molecule has 2 bridgehead atoms. The van der Waals surface area contributed by atoms with Crippen LogP contribution in [0.15, 0.2) is 12.4 Å². The van der Waals surface area contributed by atoms with E-state index in [1.54, 1.807) is 11.6 Å². The van der Waals surface area contributed by atoms with Gasteiger partial charge in [0.15, 0.2) is 5.82 Å². The topological polar surface area (TPSA) is 71.5 Å². The van der Waals surface area contributed by atoms with Gasteiger partial charge in [0.1, 0.15) is 18.0 Å². The highest BCUT2D eigenvalue weighted by Crippen LogP contribution is 2.50. The van der Waals surface area contributed by atoms with E-state index in [1.807, 2.05) is 6.07 Å². The van der Waals surface area contributed by atoms with Crippen LogP contribution >= 0.6 is 0 Å². The summed E-state index contributed by atoms with van der Waals surface area (Å²) in [6, 6.07) is 1.85. The zero-order valence-corrected chi connectivity index (χ0v) is 14.6. The molecule has 4 aliphatic carbocycles. The van der Waals surface area contributed by atoms with Gasteiger partial charge in [0.05, 0.1) is 0 Å². The highest BCUT2D eigenvalue weighted by molar-refractivity contribution is 5.35. The number of rotatable bonds is 4. The van der Waals surface area contributed by atoms with E-state index in [2.05, 4.69) is 20.8 Å². The third kappa shape index (κ3) is 3.09. The summed E-state index contributed by atoms with van der Waals surface area (Å²) >= 11 is 0. The molecule has 1 aromatic heterocycles. The number of ether oxygens (including phenoxy) is 1. The Morgan fingerprint density at radius 2 is 2.00 bits per heavy atom. The Bertz CT molecular complexity index is 615. The van der Waals surface area contributed by atoms with Crippen LogP contribution in [-0.2, 0) is 4.84 Å². The summed E-state index contributed by atoms with van der Waals surface area (Å²) in [5.74, 6) is 2.82. The number of nitrogens with zero attached hydrogens (tertiary/aromatic N) is 3. The van der Waals surface area contributed by atoms with Gasteiger partial charge in [-0.1, -0.05) is 0 Å². The van der Waals surface area contributed by atoms with Gasteiger partial charge in [-0.2, -0.15) is 0 Å². The first-order chi connectivity index (χ1) is 12.3. The molecule has 2 N–H and O–H groups in total. The first-order valence-corrected chi connectivity index (χ1v) is 9.77. The van der Waals surface area contributed by atoms with Crippen LogP contribution in [0.5, 0.6) is 5.88 Å². The van der Waals surface area contributed by atoms with Gasteiger partial charge in [-0.25, -0.2) is 15.4 Å². The van der Waals surface area contributed by atoms with Crippen molar-refractivity contribution >= 4 is 5.82 Å². The molecular weight excluding hydrogens is 318 g/mol. The monoisotopic (exact) mass is 345 g/mol. The van der Waals surface area contributed by atoms with Crippen molar-refractivity contribution in [1.82, 2.24) is 20.7 Å². The van der Waals surface area contributed by atoms with Gasteiger partial charge >= 0.3 is 0 Å². The second kappa shape index (κ2) is 6.37. The molecule has 25 heavy (non-hydrogen) atoms. The lowest BCUT2D eigenvalue weighted by Crippen LogP contribution is -2.50. The number of anilines is 1. The fourth-order valence-electron chi connectivity index (χ4n) is 5.14. The number of nitrogens with one attached hydrogen (secondary N) is 2. The number of hydrogen-bond donors (Lipinski definition) is 2. The van der Waals surface area contributed by atoms with Crippen molar-refractivity contribution in [1.29, 1.82) is 0 Å². The minimum Gasteiger partial charge on any atom is -0.474 e. The zero-order chi connectivity index (χ0) is 16.7. The van der Waals surface area contributed by atoms with Crippen LogP contribution in [0.4, 0.5) is 5.82 Å². The first-order valence-electron chi connectivity index (χ1n) is 9.77. The average Bonchev–Trinajstić information content (AvgIpc) is 3.27. The van der Waals surface area contributed by atoms with E-state index < -0.39 is 0 Å². The van der Waals surface area contributed by atoms with Crippen molar-refractivity contribution in [3.05, 3.63) is 12.4 Å². The van der Waals surface area contributed by atoms with E-state index in [0.717, 1.165) is 25.3 Å². The van der Waals surface area contributed by atoms with Crippen molar-refractivity contribution in [2.45, 2.75) is 69.5 Å². The fraction of sp³-hybridized carbons (Fsp3) is 0.778. The highest BCUT2D eigenvalue weighted by atomic mass is 16.8.